The third-order valence-corrected chi connectivity index (χ3v) is 6.10. The van der Waals surface area contributed by atoms with E-state index in [4.69, 9.17) is 4.74 Å². The number of hydrogen-bond acceptors (Lipinski definition) is 4. The van der Waals surface area contributed by atoms with E-state index in [1.165, 1.54) is 0 Å². The second-order valence-electron chi connectivity index (χ2n) is 5.67. The molecular formula is C15H22N2O3S. The van der Waals surface area contributed by atoms with Crippen molar-refractivity contribution in [1.82, 2.24) is 9.62 Å². The average Bonchev–Trinajstić information content (AvgIpc) is 2.83. The van der Waals surface area contributed by atoms with Gasteiger partial charge in [0.15, 0.2) is 0 Å². The highest BCUT2D eigenvalue weighted by atomic mass is 32.2. The summed E-state index contributed by atoms with van der Waals surface area (Å²) in [5, 5.41) is 3.20. The molecule has 2 aliphatic heterocycles. The van der Waals surface area contributed by atoms with E-state index in [1.807, 2.05) is 19.1 Å². The van der Waals surface area contributed by atoms with Crippen LogP contribution in [0.5, 0.6) is 0 Å². The molecule has 2 unspecified atom stereocenters. The van der Waals surface area contributed by atoms with Crippen LogP contribution in [0, 0.1) is 0 Å². The molecule has 116 valence electrons. The molecule has 1 N–H and O–H groups in total. The average molecular weight is 310 g/mol. The molecule has 0 aliphatic carbocycles. The molecule has 1 aromatic carbocycles. The molecule has 0 aromatic heterocycles. The summed E-state index contributed by atoms with van der Waals surface area (Å²) in [6, 6.07) is 7.26. The summed E-state index contributed by atoms with van der Waals surface area (Å²) in [4.78, 5) is 0.423. The van der Waals surface area contributed by atoms with Gasteiger partial charge in [0.05, 0.1) is 17.1 Å². The summed E-state index contributed by atoms with van der Waals surface area (Å²) in [6.07, 6.45) is 2.07. The van der Waals surface area contributed by atoms with Crippen molar-refractivity contribution >= 4 is 10.0 Å². The van der Waals surface area contributed by atoms with Gasteiger partial charge < -0.3 is 10.1 Å². The van der Waals surface area contributed by atoms with E-state index < -0.39 is 10.0 Å². The second kappa shape index (κ2) is 6.04. The molecule has 2 heterocycles. The Morgan fingerprint density at radius 1 is 1.24 bits per heavy atom. The fraction of sp³-hybridized carbons (Fsp3) is 0.600. The van der Waals surface area contributed by atoms with Gasteiger partial charge in [-0.05, 0) is 31.0 Å². The van der Waals surface area contributed by atoms with Crippen molar-refractivity contribution < 1.29 is 13.2 Å². The molecule has 2 fully saturated rings. The number of fused-ring (bicyclic) bond motifs is 2. The molecule has 2 bridgehead atoms. The highest BCUT2D eigenvalue weighted by Crippen LogP contribution is 2.30. The Morgan fingerprint density at radius 3 is 2.57 bits per heavy atom. The van der Waals surface area contributed by atoms with Crippen LogP contribution in [-0.2, 0) is 21.3 Å². The third kappa shape index (κ3) is 2.99. The fourth-order valence-electron chi connectivity index (χ4n) is 3.07. The number of nitrogens with one attached hydrogen (secondary N) is 1. The minimum absolute atomic E-state index is 0.0689. The van der Waals surface area contributed by atoms with Gasteiger partial charge in [-0.1, -0.05) is 25.1 Å². The monoisotopic (exact) mass is 310 g/mol. The largest absolute Gasteiger partial charge is 0.372 e. The van der Waals surface area contributed by atoms with Crippen LogP contribution < -0.4 is 5.32 Å². The van der Waals surface area contributed by atoms with E-state index >= 15 is 0 Å². The van der Waals surface area contributed by atoms with E-state index in [1.54, 1.807) is 16.4 Å². The number of nitrogens with zero attached hydrogens (tertiary/aromatic N) is 1. The zero-order chi connectivity index (χ0) is 14.9. The number of benzene rings is 1. The Bertz CT molecular complexity index is 591. The normalized spacial score (nSPS) is 26.1. The first-order valence-corrected chi connectivity index (χ1v) is 8.99. The van der Waals surface area contributed by atoms with Gasteiger partial charge >= 0.3 is 0 Å². The van der Waals surface area contributed by atoms with Crippen LogP contribution in [0.15, 0.2) is 29.2 Å². The van der Waals surface area contributed by atoms with Crippen molar-refractivity contribution in [2.75, 3.05) is 19.6 Å². The molecular weight excluding hydrogens is 288 g/mol. The van der Waals surface area contributed by atoms with Crippen LogP contribution in [0.1, 0.15) is 25.3 Å². The van der Waals surface area contributed by atoms with Gasteiger partial charge in [0.1, 0.15) is 0 Å². The van der Waals surface area contributed by atoms with Crippen molar-refractivity contribution in [3.05, 3.63) is 29.8 Å². The summed E-state index contributed by atoms with van der Waals surface area (Å²) >= 11 is 0. The number of rotatable bonds is 5. The molecule has 0 radical (unpaired) electrons. The highest BCUT2D eigenvalue weighted by molar-refractivity contribution is 7.89. The molecule has 1 aromatic rings. The lowest BCUT2D eigenvalue weighted by atomic mass is 10.2. The van der Waals surface area contributed by atoms with E-state index in [0.717, 1.165) is 24.9 Å². The number of ether oxygens (including phenoxy) is 1. The number of hydrogen-bond donors (Lipinski definition) is 1. The van der Waals surface area contributed by atoms with Crippen molar-refractivity contribution in [2.24, 2.45) is 0 Å². The fourth-order valence-corrected chi connectivity index (χ4v) is 4.80. The van der Waals surface area contributed by atoms with E-state index in [0.29, 0.717) is 24.5 Å². The standard InChI is InChI=1S/C15H22N2O3S/c1-2-16-9-12-5-3-4-6-15(12)21(18,19)17-10-13-7-8-14(11-17)20-13/h3-6,13-14,16H,2,7-11H2,1H3. The highest BCUT2D eigenvalue weighted by Gasteiger charge is 2.39. The quantitative estimate of drug-likeness (QED) is 0.892. The second-order valence-corrected chi connectivity index (χ2v) is 7.57. The van der Waals surface area contributed by atoms with Crippen molar-refractivity contribution in [1.29, 1.82) is 0 Å². The zero-order valence-electron chi connectivity index (χ0n) is 12.3. The molecule has 0 amide bonds. The maximum absolute atomic E-state index is 12.9. The predicted molar refractivity (Wildman–Crippen MR) is 80.5 cm³/mol. The van der Waals surface area contributed by atoms with Gasteiger partial charge in [0.25, 0.3) is 0 Å². The van der Waals surface area contributed by atoms with Gasteiger partial charge in [-0.15, -0.1) is 0 Å². The van der Waals surface area contributed by atoms with E-state index in [2.05, 4.69) is 5.32 Å². The van der Waals surface area contributed by atoms with E-state index in [-0.39, 0.29) is 12.2 Å². The maximum atomic E-state index is 12.9. The lowest BCUT2D eigenvalue weighted by Crippen LogP contribution is -2.45. The number of sulfonamides is 1. The topological polar surface area (TPSA) is 58.6 Å². The third-order valence-electron chi connectivity index (χ3n) is 4.17. The summed E-state index contributed by atoms with van der Waals surface area (Å²) in [5.74, 6) is 0. The van der Waals surface area contributed by atoms with E-state index in [9.17, 15) is 8.42 Å². The minimum Gasteiger partial charge on any atom is -0.372 e. The van der Waals surface area contributed by atoms with Crippen LogP contribution in [0.3, 0.4) is 0 Å². The van der Waals surface area contributed by atoms with Crippen LogP contribution in [0.2, 0.25) is 0 Å². The van der Waals surface area contributed by atoms with Crippen molar-refractivity contribution in [2.45, 2.75) is 43.4 Å². The lowest BCUT2D eigenvalue weighted by molar-refractivity contribution is -0.0114. The molecule has 21 heavy (non-hydrogen) atoms. The summed E-state index contributed by atoms with van der Waals surface area (Å²) < 4.78 is 33.2. The maximum Gasteiger partial charge on any atom is 0.243 e. The van der Waals surface area contributed by atoms with Crippen molar-refractivity contribution in [3.63, 3.8) is 0 Å². The first kappa shape index (κ1) is 15.0. The summed E-state index contributed by atoms with van der Waals surface area (Å²) in [7, 11) is -3.44. The molecule has 0 spiro atoms. The smallest absolute Gasteiger partial charge is 0.243 e. The first-order chi connectivity index (χ1) is 10.1. The van der Waals surface area contributed by atoms with Gasteiger partial charge in [0.2, 0.25) is 10.0 Å². The Kier molecular flexibility index (Phi) is 4.31. The molecule has 2 saturated heterocycles. The first-order valence-electron chi connectivity index (χ1n) is 7.55. The Balaban J connectivity index is 1.88. The molecule has 2 aliphatic rings. The zero-order valence-corrected chi connectivity index (χ0v) is 13.1. The van der Waals surface area contributed by atoms with Crippen LogP contribution in [-0.4, -0.2) is 44.6 Å². The molecule has 3 rings (SSSR count). The summed E-state index contributed by atoms with van der Waals surface area (Å²) in [5.41, 5.74) is 0.832. The Morgan fingerprint density at radius 2 is 1.90 bits per heavy atom. The van der Waals surface area contributed by atoms with Crippen LogP contribution in [0.4, 0.5) is 0 Å². The Labute approximate surface area is 126 Å². The molecule has 2 atom stereocenters. The number of morpholine rings is 1. The minimum atomic E-state index is -3.44. The van der Waals surface area contributed by atoms with Gasteiger partial charge in [0, 0.05) is 19.6 Å². The lowest BCUT2D eigenvalue weighted by Gasteiger charge is -2.31. The van der Waals surface area contributed by atoms with Gasteiger partial charge in [-0.25, -0.2) is 8.42 Å². The van der Waals surface area contributed by atoms with Crippen LogP contribution in [0.25, 0.3) is 0 Å². The van der Waals surface area contributed by atoms with Crippen LogP contribution >= 0.6 is 0 Å². The predicted octanol–water partition coefficient (Wildman–Crippen LogP) is 1.35. The van der Waals surface area contributed by atoms with Gasteiger partial charge in [-0.3, -0.25) is 0 Å². The Hall–Kier alpha value is -0.950. The van der Waals surface area contributed by atoms with Gasteiger partial charge in [-0.2, -0.15) is 4.31 Å². The molecule has 0 saturated carbocycles. The molecule has 6 heteroatoms. The summed E-state index contributed by atoms with van der Waals surface area (Å²) in [6.45, 7) is 4.36. The SMILES string of the molecule is CCNCc1ccccc1S(=O)(=O)N1CC2CCC(C1)O2. The van der Waals surface area contributed by atoms with Crippen molar-refractivity contribution in [3.8, 4) is 0 Å². The molecule has 5 nitrogen and oxygen atoms in total.